The third-order valence-electron chi connectivity index (χ3n) is 3.89. The predicted octanol–water partition coefficient (Wildman–Crippen LogP) is 6.89. The molecule has 0 radical (unpaired) electrons. The smallest absolute Gasteiger partial charge is 0.155 e. The maximum Gasteiger partial charge on any atom is 0.155 e. The molecule has 5 rings (SSSR count). The predicted molar refractivity (Wildman–Crippen MR) is 114 cm³/mol. The zero-order valence-electron chi connectivity index (χ0n) is 13.6. The van der Waals surface area contributed by atoms with Crippen LogP contribution in [0.1, 0.15) is 0 Å². The van der Waals surface area contributed by atoms with Gasteiger partial charge in [0.2, 0.25) is 0 Å². The summed E-state index contributed by atoms with van der Waals surface area (Å²) in [5.74, 6) is 0.853. The number of methoxy groups -OCH3 is 1. The van der Waals surface area contributed by atoms with E-state index in [1.807, 2.05) is 24.3 Å². The Morgan fingerprint density at radius 1 is 0.731 bits per heavy atom. The SMILES string of the molecule is COc1ccc(-c2nc3sc(-c4ccc(-c5cccs5)s4)nc3s2)cc1. The summed E-state index contributed by atoms with van der Waals surface area (Å²) in [6.07, 6.45) is 0. The van der Waals surface area contributed by atoms with Crippen LogP contribution in [0.4, 0.5) is 0 Å². The van der Waals surface area contributed by atoms with E-state index in [4.69, 9.17) is 14.7 Å². The first-order valence-electron chi connectivity index (χ1n) is 7.86. The van der Waals surface area contributed by atoms with Crippen LogP contribution in [0.15, 0.2) is 53.9 Å². The Balaban J connectivity index is 1.47. The summed E-state index contributed by atoms with van der Waals surface area (Å²) in [6, 6.07) is 16.6. The quantitative estimate of drug-likeness (QED) is 0.322. The molecule has 0 amide bonds. The second-order valence-electron chi connectivity index (χ2n) is 5.52. The van der Waals surface area contributed by atoms with Gasteiger partial charge in [-0.1, -0.05) is 28.7 Å². The lowest BCUT2D eigenvalue weighted by molar-refractivity contribution is 0.415. The highest BCUT2D eigenvalue weighted by molar-refractivity contribution is 7.31. The lowest BCUT2D eigenvalue weighted by Crippen LogP contribution is -1.81. The number of hydrogen-bond donors (Lipinski definition) is 0. The van der Waals surface area contributed by atoms with Gasteiger partial charge in [-0.2, -0.15) is 0 Å². The Morgan fingerprint density at radius 2 is 1.46 bits per heavy atom. The van der Waals surface area contributed by atoms with Gasteiger partial charge in [0.1, 0.15) is 15.8 Å². The Kier molecular flexibility index (Phi) is 4.09. The molecule has 0 bridgehead atoms. The van der Waals surface area contributed by atoms with E-state index in [9.17, 15) is 0 Å². The van der Waals surface area contributed by atoms with Crippen molar-refractivity contribution in [1.29, 1.82) is 0 Å². The normalized spacial score (nSPS) is 11.3. The number of hydrogen-bond acceptors (Lipinski definition) is 7. The summed E-state index contributed by atoms with van der Waals surface area (Å²) in [6.45, 7) is 0. The number of fused-ring (bicyclic) bond motifs is 1. The molecule has 0 aliphatic carbocycles. The minimum atomic E-state index is 0.853. The third-order valence-corrected chi connectivity index (χ3v) is 8.29. The van der Waals surface area contributed by atoms with Gasteiger partial charge in [0, 0.05) is 15.3 Å². The lowest BCUT2D eigenvalue weighted by atomic mass is 10.2. The Hall–Kier alpha value is -2.06. The van der Waals surface area contributed by atoms with Gasteiger partial charge in [-0.05, 0) is 47.8 Å². The van der Waals surface area contributed by atoms with Crippen molar-refractivity contribution in [3.63, 3.8) is 0 Å². The molecular formula is C19H12N2OS4. The van der Waals surface area contributed by atoms with E-state index in [0.717, 1.165) is 31.0 Å². The fourth-order valence-corrected chi connectivity index (χ4v) is 6.55. The van der Waals surface area contributed by atoms with Crippen molar-refractivity contribution in [2.45, 2.75) is 0 Å². The zero-order chi connectivity index (χ0) is 17.5. The molecule has 0 saturated heterocycles. The minimum Gasteiger partial charge on any atom is -0.497 e. The van der Waals surface area contributed by atoms with Gasteiger partial charge in [-0.3, -0.25) is 0 Å². The molecule has 0 saturated carbocycles. The number of ether oxygens (including phenoxy) is 1. The number of benzene rings is 1. The molecule has 128 valence electrons. The molecule has 0 aliphatic heterocycles. The third kappa shape index (κ3) is 2.87. The van der Waals surface area contributed by atoms with E-state index in [-0.39, 0.29) is 0 Å². The van der Waals surface area contributed by atoms with E-state index in [1.54, 1.807) is 52.5 Å². The summed E-state index contributed by atoms with van der Waals surface area (Å²) in [4.78, 5) is 15.4. The van der Waals surface area contributed by atoms with Crippen LogP contribution >= 0.6 is 45.3 Å². The summed E-state index contributed by atoms with van der Waals surface area (Å²) in [5.41, 5.74) is 1.10. The number of thiophene rings is 2. The van der Waals surface area contributed by atoms with Crippen LogP contribution in [0.25, 0.3) is 39.9 Å². The molecule has 0 aliphatic rings. The molecular weight excluding hydrogens is 400 g/mol. The molecule has 0 atom stereocenters. The Morgan fingerprint density at radius 3 is 2.19 bits per heavy atom. The average molecular weight is 413 g/mol. The first-order valence-corrected chi connectivity index (χ1v) is 11.2. The highest BCUT2D eigenvalue weighted by Crippen LogP contribution is 2.41. The Bertz CT molecular complexity index is 1130. The Labute approximate surface area is 166 Å². The maximum atomic E-state index is 5.22. The van der Waals surface area contributed by atoms with Gasteiger partial charge in [0.05, 0.1) is 12.0 Å². The lowest BCUT2D eigenvalue weighted by Gasteiger charge is -1.99. The molecule has 0 N–H and O–H groups in total. The second-order valence-corrected chi connectivity index (χ2v) is 9.50. The molecule has 26 heavy (non-hydrogen) atoms. The van der Waals surface area contributed by atoms with Gasteiger partial charge in [-0.25, -0.2) is 9.97 Å². The van der Waals surface area contributed by atoms with Gasteiger partial charge < -0.3 is 4.74 Å². The summed E-state index contributed by atoms with van der Waals surface area (Å²) < 4.78 is 5.22. The highest BCUT2D eigenvalue weighted by atomic mass is 32.1. The van der Waals surface area contributed by atoms with Crippen LogP contribution in [0.3, 0.4) is 0 Å². The number of nitrogens with zero attached hydrogens (tertiary/aromatic N) is 2. The summed E-state index contributed by atoms with van der Waals surface area (Å²) >= 11 is 6.86. The second kappa shape index (κ2) is 6.59. The molecule has 4 aromatic heterocycles. The van der Waals surface area contributed by atoms with Crippen molar-refractivity contribution >= 4 is 55.0 Å². The molecule has 0 spiro atoms. The molecule has 1 aromatic carbocycles. The molecule has 5 aromatic rings. The standard InChI is InChI=1S/C19H12N2OS4/c1-22-12-6-4-11(5-7-12)16-20-18-19(25-16)21-17(26-18)15-9-8-14(24-15)13-3-2-10-23-13/h2-10H,1H3. The summed E-state index contributed by atoms with van der Waals surface area (Å²) in [5, 5.41) is 4.16. The maximum absolute atomic E-state index is 5.22. The molecule has 4 heterocycles. The fourth-order valence-electron chi connectivity index (χ4n) is 2.61. The number of thiazole rings is 2. The van der Waals surface area contributed by atoms with E-state index in [1.165, 1.54) is 14.6 Å². The van der Waals surface area contributed by atoms with Crippen LogP contribution in [0.5, 0.6) is 5.75 Å². The molecule has 3 nitrogen and oxygen atoms in total. The van der Waals surface area contributed by atoms with Gasteiger partial charge >= 0.3 is 0 Å². The minimum absolute atomic E-state index is 0.853. The van der Waals surface area contributed by atoms with E-state index in [2.05, 4.69) is 29.6 Å². The van der Waals surface area contributed by atoms with E-state index >= 15 is 0 Å². The van der Waals surface area contributed by atoms with Gasteiger partial charge in [0.25, 0.3) is 0 Å². The largest absolute Gasteiger partial charge is 0.497 e. The fraction of sp³-hybridized carbons (Fsp3) is 0.0526. The van der Waals surface area contributed by atoms with Crippen LogP contribution in [-0.4, -0.2) is 17.1 Å². The van der Waals surface area contributed by atoms with E-state index in [0.29, 0.717) is 0 Å². The van der Waals surface area contributed by atoms with Gasteiger partial charge in [-0.15, -0.1) is 22.7 Å². The van der Waals surface area contributed by atoms with Crippen molar-refractivity contribution in [2.24, 2.45) is 0 Å². The van der Waals surface area contributed by atoms with Crippen LogP contribution in [0.2, 0.25) is 0 Å². The van der Waals surface area contributed by atoms with Crippen molar-refractivity contribution in [3.05, 3.63) is 53.9 Å². The van der Waals surface area contributed by atoms with Crippen molar-refractivity contribution in [3.8, 4) is 36.0 Å². The molecule has 7 heteroatoms. The van der Waals surface area contributed by atoms with Gasteiger partial charge in [0.15, 0.2) is 9.66 Å². The monoisotopic (exact) mass is 412 g/mol. The topological polar surface area (TPSA) is 35.0 Å². The average Bonchev–Trinajstić information content (AvgIpc) is 3.43. The highest BCUT2D eigenvalue weighted by Gasteiger charge is 2.15. The van der Waals surface area contributed by atoms with Crippen LogP contribution < -0.4 is 4.74 Å². The van der Waals surface area contributed by atoms with Crippen LogP contribution in [-0.2, 0) is 0 Å². The number of rotatable bonds is 4. The molecule has 0 unspecified atom stereocenters. The first kappa shape index (κ1) is 16.1. The van der Waals surface area contributed by atoms with Crippen molar-refractivity contribution in [1.82, 2.24) is 9.97 Å². The van der Waals surface area contributed by atoms with Crippen molar-refractivity contribution < 1.29 is 4.74 Å². The summed E-state index contributed by atoms with van der Waals surface area (Å²) in [7, 11) is 1.67. The first-order chi connectivity index (χ1) is 12.8. The zero-order valence-corrected chi connectivity index (χ0v) is 16.9. The van der Waals surface area contributed by atoms with E-state index < -0.39 is 0 Å². The number of aromatic nitrogens is 2. The van der Waals surface area contributed by atoms with Crippen molar-refractivity contribution in [2.75, 3.05) is 7.11 Å². The van der Waals surface area contributed by atoms with Crippen LogP contribution in [0, 0.1) is 0 Å². The molecule has 0 fully saturated rings.